The zero-order valence-electron chi connectivity index (χ0n) is 24.7. The number of methoxy groups -OCH3 is 1. The molecule has 244 valence electrons. The minimum Gasteiger partial charge on any atom is -0.496 e. The molecule has 0 saturated heterocycles. The number of alkyl halides is 3. The fourth-order valence-corrected chi connectivity index (χ4v) is 6.97. The zero-order chi connectivity index (χ0) is 33.0. The van der Waals surface area contributed by atoms with E-state index in [0.717, 1.165) is 25.3 Å². The molecule has 0 aromatic heterocycles. The molecule has 3 aromatic rings. The van der Waals surface area contributed by atoms with Gasteiger partial charge in [-0.2, -0.15) is 13.2 Å². The minimum absolute atomic E-state index is 0.00133. The summed E-state index contributed by atoms with van der Waals surface area (Å²) in [7, 11) is 1.32. The topological polar surface area (TPSA) is 114 Å². The maximum absolute atomic E-state index is 15.2. The molecule has 5 rings (SSSR count). The summed E-state index contributed by atoms with van der Waals surface area (Å²) in [5, 5.41) is 14.5. The van der Waals surface area contributed by atoms with Gasteiger partial charge in [0.2, 0.25) is 5.91 Å². The number of rotatable bonds is 12. The molecule has 0 aliphatic heterocycles. The molecule has 0 heterocycles. The van der Waals surface area contributed by atoms with Crippen LogP contribution in [0.1, 0.15) is 42.5 Å². The highest BCUT2D eigenvalue weighted by atomic mass is 32.2. The molecular formula is C33H32F4N2O6S. The SMILES string of the molecule is COc1cc(F)c(-c2ccc(OCCCC(=O)O)cc2)cc1C(=O)NC1C2CCC(C2)C1C(=O)Nc1cccc(SC(F)(F)F)c1. The lowest BCUT2D eigenvalue weighted by molar-refractivity contribution is -0.137. The Morgan fingerprint density at radius 2 is 1.76 bits per heavy atom. The van der Waals surface area contributed by atoms with E-state index in [4.69, 9.17) is 14.6 Å². The molecule has 2 fully saturated rings. The summed E-state index contributed by atoms with van der Waals surface area (Å²) in [6, 6.07) is 14.0. The second kappa shape index (κ2) is 14.0. The number of halogens is 4. The Morgan fingerprint density at radius 1 is 1.02 bits per heavy atom. The summed E-state index contributed by atoms with van der Waals surface area (Å²) >= 11 is -0.269. The van der Waals surface area contributed by atoms with E-state index in [-0.39, 0.29) is 70.0 Å². The number of carboxylic acid groups (broad SMARTS) is 1. The molecule has 3 aromatic carbocycles. The summed E-state index contributed by atoms with van der Waals surface area (Å²) in [5.74, 6) is -2.54. The van der Waals surface area contributed by atoms with Gasteiger partial charge in [-0.3, -0.25) is 14.4 Å². The smallest absolute Gasteiger partial charge is 0.446 e. The fourth-order valence-electron chi connectivity index (χ4n) is 6.37. The number of fused-ring (bicyclic) bond motifs is 2. The van der Waals surface area contributed by atoms with Gasteiger partial charge in [-0.15, -0.1) is 0 Å². The van der Waals surface area contributed by atoms with E-state index in [1.807, 2.05) is 0 Å². The van der Waals surface area contributed by atoms with Crippen molar-refractivity contribution in [3.63, 3.8) is 0 Å². The van der Waals surface area contributed by atoms with E-state index >= 15 is 4.39 Å². The molecule has 2 aliphatic carbocycles. The Balaban J connectivity index is 1.31. The third-order valence-corrected chi connectivity index (χ3v) is 9.08. The molecule has 2 amide bonds. The van der Waals surface area contributed by atoms with E-state index in [1.165, 1.54) is 37.4 Å². The van der Waals surface area contributed by atoms with Crippen LogP contribution in [0.3, 0.4) is 0 Å². The molecule has 46 heavy (non-hydrogen) atoms. The predicted octanol–water partition coefficient (Wildman–Crippen LogP) is 7.14. The highest BCUT2D eigenvalue weighted by Crippen LogP contribution is 2.49. The van der Waals surface area contributed by atoms with Gasteiger partial charge in [0.25, 0.3) is 5.91 Å². The number of nitrogens with one attached hydrogen (secondary N) is 2. The van der Waals surface area contributed by atoms with Crippen LogP contribution < -0.4 is 20.1 Å². The second-order valence-corrected chi connectivity index (χ2v) is 12.5. The third-order valence-electron chi connectivity index (χ3n) is 8.35. The second-order valence-electron chi connectivity index (χ2n) is 11.3. The van der Waals surface area contributed by atoms with Crippen LogP contribution >= 0.6 is 11.8 Å². The molecular weight excluding hydrogens is 628 g/mol. The largest absolute Gasteiger partial charge is 0.496 e. The normalized spacial score (nSPS) is 20.3. The number of carbonyl (C=O) groups excluding carboxylic acids is 2. The number of thioether (sulfide) groups is 1. The van der Waals surface area contributed by atoms with Gasteiger partial charge in [0.1, 0.15) is 17.3 Å². The van der Waals surface area contributed by atoms with Crippen LogP contribution in [0.25, 0.3) is 11.1 Å². The number of amides is 2. The zero-order valence-corrected chi connectivity index (χ0v) is 25.6. The number of anilines is 1. The number of hydrogen-bond acceptors (Lipinski definition) is 6. The molecule has 2 bridgehead atoms. The van der Waals surface area contributed by atoms with Crippen molar-refractivity contribution in [2.75, 3.05) is 19.0 Å². The molecule has 2 aliphatic rings. The van der Waals surface area contributed by atoms with Crippen LogP contribution in [0.15, 0.2) is 65.6 Å². The first-order valence-corrected chi connectivity index (χ1v) is 15.5. The average molecular weight is 661 g/mol. The molecule has 4 unspecified atom stereocenters. The Kier molecular flexibility index (Phi) is 10.1. The van der Waals surface area contributed by atoms with Crippen molar-refractivity contribution in [2.24, 2.45) is 17.8 Å². The van der Waals surface area contributed by atoms with E-state index in [1.54, 1.807) is 24.3 Å². The molecule has 13 heteroatoms. The predicted molar refractivity (Wildman–Crippen MR) is 163 cm³/mol. The Bertz CT molecular complexity index is 1600. The van der Waals surface area contributed by atoms with E-state index in [0.29, 0.717) is 17.7 Å². The van der Waals surface area contributed by atoms with E-state index < -0.39 is 35.2 Å². The highest BCUT2D eigenvalue weighted by molar-refractivity contribution is 8.00. The van der Waals surface area contributed by atoms with E-state index in [9.17, 15) is 27.6 Å². The van der Waals surface area contributed by atoms with Gasteiger partial charge in [0.05, 0.1) is 25.2 Å². The lowest BCUT2D eigenvalue weighted by Gasteiger charge is -2.31. The Labute approximate surface area is 266 Å². The summed E-state index contributed by atoms with van der Waals surface area (Å²) in [5.41, 5.74) is -3.55. The molecule has 3 N–H and O–H groups in total. The van der Waals surface area contributed by atoms with Crippen molar-refractivity contribution < 1.29 is 46.5 Å². The molecule has 0 spiro atoms. The van der Waals surface area contributed by atoms with Crippen molar-refractivity contribution in [2.45, 2.75) is 48.5 Å². The summed E-state index contributed by atoms with van der Waals surface area (Å²) in [6.07, 6.45) is 2.65. The molecule has 2 saturated carbocycles. The number of ether oxygens (including phenoxy) is 2. The van der Waals surface area contributed by atoms with Crippen molar-refractivity contribution in [1.29, 1.82) is 0 Å². The number of benzene rings is 3. The number of carbonyl (C=O) groups is 3. The number of aliphatic carboxylic acids is 1. The van der Waals surface area contributed by atoms with Crippen LogP contribution in [0.5, 0.6) is 11.5 Å². The van der Waals surface area contributed by atoms with Crippen molar-refractivity contribution in [3.8, 4) is 22.6 Å². The minimum atomic E-state index is -4.47. The first-order chi connectivity index (χ1) is 21.9. The van der Waals surface area contributed by atoms with Gasteiger partial charge in [0.15, 0.2) is 0 Å². The van der Waals surface area contributed by atoms with Crippen LogP contribution in [-0.4, -0.2) is 48.2 Å². The summed E-state index contributed by atoms with van der Waals surface area (Å²) < 4.78 is 64.7. The summed E-state index contributed by atoms with van der Waals surface area (Å²) in [4.78, 5) is 37.8. The number of hydrogen-bond donors (Lipinski definition) is 3. The first kappa shape index (κ1) is 33.1. The van der Waals surface area contributed by atoms with Crippen LogP contribution in [0.4, 0.5) is 23.2 Å². The van der Waals surface area contributed by atoms with Gasteiger partial charge < -0.3 is 25.2 Å². The Morgan fingerprint density at radius 3 is 2.46 bits per heavy atom. The molecule has 0 radical (unpaired) electrons. The quantitative estimate of drug-likeness (QED) is 0.108. The van der Waals surface area contributed by atoms with Gasteiger partial charge in [-0.1, -0.05) is 18.2 Å². The monoisotopic (exact) mass is 660 g/mol. The van der Waals surface area contributed by atoms with Crippen LogP contribution in [0, 0.1) is 23.6 Å². The van der Waals surface area contributed by atoms with Crippen LogP contribution in [-0.2, 0) is 9.59 Å². The van der Waals surface area contributed by atoms with Crippen molar-refractivity contribution >= 4 is 35.2 Å². The lowest BCUT2D eigenvalue weighted by Crippen LogP contribution is -2.48. The standard InChI is InChI=1S/C33H32F4N2O6S/c1-44-27-17-26(34)24(18-9-11-22(12-10-18)45-13-3-6-28(40)41)16-25(27)31(42)39-30-20-8-7-19(14-20)29(30)32(43)38-21-4-2-5-23(15-21)46-33(35,36)37/h2,4-5,9-12,15-17,19-20,29-30H,3,6-8,13-14H2,1H3,(H,38,43)(H,39,42)(H,40,41). The first-order valence-electron chi connectivity index (χ1n) is 14.7. The van der Waals surface area contributed by atoms with E-state index in [2.05, 4.69) is 10.6 Å². The average Bonchev–Trinajstić information content (AvgIpc) is 3.61. The van der Waals surface area contributed by atoms with Gasteiger partial charge in [0, 0.05) is 34.7 Å². The van der Waals surface area contributed by atoms with Gasteiger partial charge in [-0.25, -0.2) is 4.39 Å². The Hall–Kier alpha value is -4.26. The lowest BCUT2D eigenvalue weighted by atomic mass is 9.83. The fraction of sp³-hybridized carbons (Fsp3) is 0.364. The van der Waals surface area contributed by atoms with Gasteiger partial charge in [-0.05, 0) is 91.2 Å². The van der Waals surface area contributed by atoms with Crippen molar-refractivity contribution in [1.82, 2.24) is 5.32 Å². The van der Waals surface area contributed by atoms with Crippen LogP contribution in [0.2, 0.25) is 0 Å². The highest BCUT2D eigenvalue weighted by Gasteiger charge is 2.51. The molecule has 8 nitrogen and oxygen atoms in total. The maximum atomic E-state index is 15.2. The summed E-state index contributed by atoms with van der Waals surface area (Å²) in [6.45, 7) is 0.207. The van der Waals surface area contributed by atoms with Crippen molar-refractivity contribution in [3.05, 3.63) is 72.0 Å². The third kappa shape index (κ3) is 7.93. The maximum Gasteiger partial charge on any atom is 0.446 e. The molecule has 4 atom stereocenters. The van der Waals surface area contributed by atoms with Gasteiger partial charge >= 0.3 is 11.5 Å². The number of carboxylic acids is 1.